The number of nitrogens with zero attached hydrogens (tertiary/aromatic N) is 3. The largest absolute Gasteiger partial charge is 0.478 e. The Bertz CT molecular complexity index is 851. The van der Waals surface area contributed by atoms with Crippen LogP contribution in [0.5, 0.6) is 11.5 Å². The van der Waals surface area contributed by atoms with Crippen LogP contribution in [0.4, 0.5) is 5.69 Å². The zero-order valence-corrected chi connectivity index (χ0v) is 21.0. The molecule has 0 heterocycles. The van der Waals surface area contributed by atoms with E-state index in [0.717, 1.165) is 81.3 Å². The average molecular weight is 456 g/mol. The summed E-state index contributed by atoms with van der Waals surface area (Å²) in [4.78, 5) is 18.8. The first kappa shape index (κ1) is 26.7. The van der Waals surface area contributed by atoms with E-state index in [9.17, 15) is 9.90 Å². The molecule has 6 nitrogen and oxygen atoms in total. The van der Waals surface area contributed by atoms with Crippen LogP contribution in [0.1, 0.15) is 49.5 Å². The van der Waals surface area contributed by atoms with Gasteiger partial charge < -0.3 is 24.5 Å². The summed E-state index contributed by atoms with van der Waals surface area (Å²) in [5, 5.41) is 9.88. The number of hydrogen-bond acceptors (Lipinski definition) is 5. The highest BCUT2D eigenvalue weighted by Crippen LogP contribution is 2.38. The number of carboxylic acid groups (broad SMARTS) is 1. The number of likely N-dealkylation sites (N-methyl/N-ethyl adjacent to an activating group) is 2. The quantitative estimate of drug-likeness (QED) is 0.397. The normalized spacial score (nSPS) is 11.2. The smallest absolute Gasteiger partial charge is 0.335 e. The molecule has 0 radical (unpaired) electrons. The minimum Gasteiger partial charge on any atom is -0.478 e. The lowest BCUT2D eigenvalue weighted by molar-refractivity contribution is 0.0696. The van der Waals surface area contributed by atoms with Crippen molar-refractivity contribution >= 4 is 11.7 Å². The van der Waals surface area contributed by atoms with Gasteiger partial charge in [-0.2, -0.15) is 0 Å². The molecule has 0 bridgehead atoms. The van der Waals surface area contributed by atoms with E-state index in [-0.39, 0.29) is 0 Å². The van der Waals surface area contributed by atoms with E-state index in [1.165, 1.54) is 0 Å². The Morgan fingerprint density at radius 3 is 2.21 bits per heavy atom. The molecule has 0 atom stereocenters. The van der Waals surface area contributed by atoms with E-state index < -0.39 is 5.97 Å². The van der Waals surface area contributed by atoms with Crippen LogP contribution in [-0.2, 0) is 6.42 Å². The van der Waals surface area contributed by atoms with Gasteiger partial charge in [0.1, 0.15) is 5.75 Å². The molecule has 182 valence electrons. The van der Waals surface area contributed by atoms with Crippen LogP contribution >= 0.6 is 0 Å². The Hall–Kier alpha value is -2.57. The van der Waals surface area contributed by atoms with Gasteiger partial charge >= 0.3 is 5.97 Å². The summed E-state index contributed by atoms with van der Waals surface area (Å²) in [6, 6.07) is 13.3. The maximum absolute atomic E-state index is 12.1. The number of aromatic carboxylic acids is 1. The van der Waals surface area contributed by atoms with Crippen LogP contribution in [0.2, 0.25) is 0 Å². The van der Waals surface area contributed by atoms with Crippen molar-refractivity contribution in [1.29, 1.82) is 0 Å². The molecule has 2 rings (SSSR count). The highest BCUT2D eigenvalue weighted by atomic mass is 16.5. The number of anilines is 1. The van der Waals surface area contributed by atoms with Crippen LogP contribution in [0.15, 0.2) is 42.5 Å². The standard InChI is InChI=1S/C27H41N3O3/c1-6-9-16-30(19-18-28(4)5)25-21-23(27(31)32)20-22(15-17-29(7-2)8-3)26(25)33-24-13-11-10-12-14-24/h10-14,20-21H,6-9,15-19H2,1-5H3,(H,31,32). The Labute approximate surface area is 199 Å². The fourth-order valence-corrected chi connectivity index (χ4v) is 3.78. The molecular weight excluding hydrogens is 414 g/mol. The van der Waals surface area contributed by atoms with Crippen molar-refractivity contribution in [3.05, 3.63) is 53.6 Å². The molecule has 33 heavy (non-hydrogen) atoms. The van der Waals surface area contributed by atoms with Crippen LogP contribution in [0.3, 0.4) is 0 Å². The van der Waals surface area contributed by atoms with Crippen molar-refractivity contribution in [3.63, 3.8) is 0 Å². The molecule has 0 aliphatic carbocycles. The van der Waals surface area contributed by atoms with Gasteiger partial charge in [-0.15, -0.1) is 0 Å². The molecule has 6 heteroatoms. The maximum Gasteiger partial charge on any atom is 0.335 e. The van der Waals surface area contributed by atoms with Gasteiger partial charge in [-0.05, 0) is 69.9 Å². The van der Waals surface area contributed by atoms with E-state index in [1.807, 2.05) is 30.3 Å². The van der Waals surface area contributed by atoms with E-state index in [1.54, 1.807) is 12.1 Å². The minimum atomic E-state index is -0.908. The van der Waals surface area contributed by atoms with Gasteiger partial charge in [0.05, 0.1) is 11.3 Å². The Kier molecular flexibility index (Phi) is 11.2. The van der Waals surface area contributed by atoms with Crippen molar-refractivity contribution in [2.75, 3.05) is 58.3 Å². The first-order chi connectivity index (χ1) is 15.9. The number of carbonyl (C=O) groups is 1. The third-order valence-corrected chi connectivity index (χ3v) is 5.89. The molecule has 0 fully saturated rings. The number of ether oxygens (including phenoxy) is 1. The fraction of sp³-hybridized carbons (Fsp3) is 0.519. The number of hydrogen-bond donors (Lipinski definition) is 1. The van der Waals surface area contributed by atoms with E-state index in [4.69, 9.17) is 4.74 Å². The predicted octanol–water partition coefficient (Wildman–Crippen LogP) is 5.23. The fourth-order valence-electron chi connectivity index (χ4n) is 3.78. The third-order valence-electron chi connectivity index (χ3n) is 5.89. The van der Waals surface area contributed by atoms with Gasteiger partial charge in [0.15, 0.2) is 5.75 Å². The molecule has 0 saturated heterocycles. The second-order valence-electron chi connectivity index (χ2n) is 8.62. The maximum atomic E-state index is 12.1. The Morgan fingerprint density at radius 1 is 0.939 bits per heavy atom. The number of para-hydroxylation sites is 1. The molecule has 1 N–H and O–H groups in total. The zero-order chi connectivity index (χ0) is 24.2. The van der Waals surface area contributed by atoms with E-state index >= 15 is 0 Å². The molecule has 0 spiro atoms. The molecule has 0 aliphatic heterocycles. The van der Waals surface area contributed by atoms with Crippen molar-refractivity contribution in [3.8, 4) is 11.5 Å². The van der Waals surface area contributed by atoms with Crippen LogP contribution in [-0.4, -0.2) is 74.2 Å². The van der Waals surface area contributed by atoms with Crippen LogP contribution in [0.25, 0.3) is 0 Å². The summed E-state index contributed by atoms with van der Waals surface area (Å²) in [7, 11) is 4.12. The molecule has 0 aliphatic rings. The predicted molar refractivity (Wildman–Crippen MR) is 137 cm³/mol. The zero-order valence-electron chi connectivity index (χ0n) is 21.0. The molecule has 2 aromatic rings. The summed E-state index contributed by atoms with van der Waals surface area (Å²) in [5.74, 6) is 0.622. The van der Waals surface area contributed by atoms with Crippen molar-refractivity contribution < 1.29 is 14.6 Å². The van der Waals surface area contributed by atoms with Crippen molar-refractivity contribution in [1.82, 2.24) is 9.80 Å². The molecule has 2 aromatic carbocycles. The molecule has 0 unspecified atom stereocenters. The lowest BCUT2D eigenvalue weighted by Crippen LogP contribution is -2.33. The third kappa shape index (κ3) is 8.37. The van der Waals surface area contributed by atoms with Crippen molar-refractivity contribution in [2.24, 2.45) is 0 Å². The lowest BCUT2D eigenvalue weighted by Gasteiger charge is -2.30. The van der Waals surface area contributed by atoms with E-state index in [2.05, 4.69) is 49.6 Å². The first-order valence-electron chi connectivity index (χ1n) is 12.1. The van der Waals surface area contributed by atoms with Gasteiger partial charge in [-0.25, -0.2) is 4.79 Å². The average Bonchev–Trinajstić information content (AvgIpc) is 2.81. The second kappa shape index (κ2) is 13.9. The summed E-state index contributed by atoms with van der Waals surface area (Å²) in [6.07, 6.45) is 2.83. The first-order valence-corrected chi connectivity index (χ1v) is 12.1. The molecule has 0 saturated carbocycles. The molecule has 0 amide bonds. The van der Waals surface area contributed by atoms with Gasteiger partial charge in [0, 0.05) is 26.2 Å². The summed E-state index contributed by atoms with van der Waals surface area (Å²) in [6.45, 7) is 11.8. The topological polar surface area (TPSA) is 56.2 Å². The Morgan fingerprint density at radius 2 is 1.64 bits per heavy atom. The number of unbranched alkanes of at least 4 members (excludes halogenated alkanes) is 1. The summed E-state index contributed by atoms with van der Waals surface area (Å²) >= 11 is 0. The summed E-state index contributed by atoms with van der Waals surface area (Å²) in [5.41, 5.74) is 2.11. The molecule has 0 aromatic heterocycles. The number of rotatable bonds is 15. The van der Waals surface area contributed by atoms with Crippen molar-refractivity contribution in [2.45, 2.75) is 40.0 Å². The van der Waals surface area contributed by atoms with Gasteiger partial charge in [0.25, 0.3) is 0 Å². The Balaban J connectivity index is 2.58. The molecular formula is C27H41N3O3. The van der Waals surface area contributed by atoms with Gasteiger partial charge in [0.2, 0.25) is 0 Å². The van der Waals surface area contributed by atoms with E-state index in [0.29, 0.717) is 5.56 Å². The SMILES string of the molecule is CCCCN(CCN(C)C)c1cc(C(=O)O)cc(CCN(CC)CC)c1Oc1ccccc1. The monoisotopic (exact) mass is 455 g/mol. The summed E-state index contributed by atoms with van der Waals surface area (Å²) < 4.78 is 6.48. The van der Waals surface area contributed by atoms with Gasteiger partial charge in [-0.3, -0.25) is 0 Å². The van der Waals surface area contributed by atoms with Crippen LogP contribution < -0.4 is 9.64 Å². The highest BCUT2D eigenvalue weighted by Gasteiger charge is 2.21. The number of carboxylic acids is 1. The highest BCUT2D eigenvalue weighted by molar-refractivity contribution is 5.90. The number of benzene rings is 2. The van der Waals surface area contributed by atoms with Gasteiger partial charge in [-0.1, -0.05) is 45.4 Å². The minimum absolute atomic E-state index is 0.311. The second-order valence-corrected chi connectivity index (χ2v) is 8.62. The lowest BCUT2D eigenvalue weighted by atomic mass is 10.0. The van der Waals surface area contributed by atoms with Crippen LogP contribution in [0, 0.1) is 0 Å².